The minimum atomic E-state index is -2.92. The Labute approximate surface area is 233 Å². The van der Waals surface area contributed by atoms with E-state index in [-0.39, 0.29) is 17.2 Å². The molecule has 0 fully saturated rings. The Morgan fingerprint density at radius 2 is 1.70 bits per heavy atom. The van der Waals surface area contributed by atoms with Crippen molar-refractivity contribution in [2.45, 2.75) is 39.3 Å². The van der Waals surface area contributed by atoms with E-state index in [1.54, 1.807) is 41.8 Å². The molecule has 1 amide bonds. The summed E-state index contributed by atoms with van der Waals surface area (Å²) in [5, 5.41) is 2.95. The second-order valence-electron chi connectivity index (χ2n) is 9.67. The van der Waals surface area contributed by atoms with E-state index < -0.39 is 12.7 Å². The lowest BCUT2D eigenvalue weighted by molar-refractivity contribution is -0.113. The van der Waals surface area contributed by atoms with Gasteiger partial charge in [-0.05, 0) is 59.9 Å². The van der Waals surface area contributed by atoms with Gasteiger partial charge in [-0.2, -0.15) is 8.78 Å². The normalized spacial score (nSPS) is 15.3. The van der Waals surface area contributed by atoms with E-state index in [9.17, 15) is 18.4 Å². The molecule has 204 valence electrons. The minimum absolute atomic E-state index is 0.0307. The van der Waals surface area contributed by atoms with Gasteiger partial charge in [0.1, 0.15) is 5.75 Å². The number of para-hydroxylation sites is 1. The van der Waals surface area contributed by atoms with E-state index >= 15 is 0 Å². The smallest absolute Gasteiger partial charge is 0.387 e. The molecule has 0 aliphatic carbocycles. The van der Waals surface area contributed by atoms with Gasteiger partial charge in [-0.3, -0.25) is 14.2 Å². The average Bonchev–Trinajstić information content (AvgIpc) is 3.23. The molecule has 1 aromatic heterocycles. The molecule has 9 heteroatoms. The number of anilines is 1. The molecule has 6 nitrogen and oxygen atoms in total. The molecule has 0 bridgehead atoms. The van der Waals surface area contributed by atoms with Crippen LogP contribution in [0.15, 0.2) is 99.9 Å². The molecular formula is C31H27F2N3O3S. The second kappa shape index (κ2) is 11.4. The lowest BCUT2D eigenvalue weighted by atomic mass is 9.93. The third-order valence-electron chi connectivity index (χ3n) is 6.62. The van der Waals surface area contributed by atoms with Gasteiger partial charge in [0.05, 0.1) is 21.8 Å². The molecule has 1 aliphatic rings. The van der Waals surface area contributed by atoms with Crippen molar-refractivity contribution >= 4 is 29.0 Å². The predicted octanol–water partition coefficient (Wildman–Crippen LogP) is 5.60. The van der Waals surface area contributed by atoms with Crippen molar-refractivity contribution in [2.75, 3.05) is 5.32 Å². The number of ether oxygens (including phenoxy) is 1. The van der Waals surface area contributed by atoms with Crippen LogP contribution in [0.25, 0.3) is 6.08 Å². The van der Waals surface area contributed by atoms with Crippen molar-refractivity contribution in [1.82, 2.24) is 4.57 Å². The molecule has 0 unspecified atom stereocenters. The largest absolute Gasteiger partial charge is 0.435 e. The SMILES string of the molecule is CC1=C(C(=O)Nc2ccccc2)[C@H](c2ccc(C(C)C)cc2)n2c(s/c(=C/c3ccc(OC(F)F)cc3)c2=O)=N1. The number of rotatable bonds is 7. The summed E-state index contributed by atoms with van der Waals surface area (Å²) in [7, 11) is 0. The lowest BCUT2D eigenvalue weighted by Crippen LogP contribution is -2.40. The first-order valence-corrected chi connectivity index (χ1v) is 13.6. The molecule has 3 aromatic carbocycles. The van der Waals surface area contributed by atoms with Gasteiger partial charge in [-0.15, -0.1) is 0 Å². The van der Waals surface area contributed by atoms with E-state index in [2.05, 4.69) is 28.9 Å². The molecule has 1 atom stereocenters. The zero-order valence-corrected chi connectivity index (χ0v) is 22.9. The Morgan fingerprint density at radius 1 is 1.02 bits per heavy atom. The number of amides is 1. The molecule has 0 radical (unpaired) electrons. The molecule has 0 saturated carbocycles. The van der Waals surface area contributed by atoms with E-state index in [4.69, 9.17) is 0 Å². The zero-order chi connectivity index (χ0) is 28.4. The van der Waals surface area contributed by atoms with Crippen LogP contribution in [0.3, 0.4) is 0 Å². The summed E-state index contributed by atoms with van der Waals surface area (Å²) in [5.74, 6) is 0.0177. The van der Waals surface area contributed by atoms with Gasteiger partial charge >= 0.3 is 6.61 Å². The molecule has 4 aromatic rings. The number of hydrogen-bond donors (Lipinski definition) is 1. The van der Waals surface area contributed by atoms with Crippen molar-refractivity contribution in [3.63, 3.8) is 0 Å². The Kier molecular flexibility index (Phi) is 7.75. The Bertz CT molecular complexity index is 1740. The number of carbonyl (C=O) groups excluding carboxylic acids is 1. The summed E-state index contributed by atoms with van der Waals surface area (Å²) in [6, 6.07) is 22.4. The topological polar surface area (TPSA) is 72.7 Å². The van der Waals surface area contributed by atoms with E-state index in [1.165, 1.54) is 23.5 Å². The average molecular weight is 560 g/mol. The molecule has 5 rings (SSSR count). The van der Waals surface area contributed by atoms with Crippen LogP contribution in [-0.2, 0) is 4.79 Å². The van der Waals surface area contributed by atoms with Gasteiger partial charge < -0.3 is 10.1 Å². The van der Waals surface area contributed by atoms with Crippen molar-refractivity contribution < 1.29 is 18.3 Å². The van der Waals surface area contributed by atoms with Crippen LogP contribution in [0.5, 0.6) is 5.75 Å². The number of carbonyl (C=O) groups is 1. The standard InChI is InChI=1S/C31H27F2N3O3S/c1-18(2)21-11-13-22(14-12-21)27-26(28(37)35-23-7-5-4-6-8-23)19(3)34-31-36(27)29(38)25(40-31)17-20-9-15-24(16-10-20)39-30(32)33/h4-18,27,30H,1-3H3,(H,35,37)/b25-17+/t27-/m0/s1. The van der Waals surface area contributed by atoms with Crippen LogP contribution in [0.4, 0.5) is 14.5 Å². The molecule has 1 N–H and O–H groups in total. The summed E-state index contributed by atoms with van der Waals surface area (Å²) in [6.45, 7) is 3.06. The van der Waals surface area contributed by atoms with Gasteiger partial charge in [0.15, 0.2) is 4.80 Å². The Morgan fingerprint density at radius 3 is 2.33 bits per heavy atom. The fourth-order valence-electron chi connectivity index (χ4n) is 4.61. The Hall–Kier alpha value is -4.37. The maximum Gasteiger partial charge on any atom is 0.387 e. The third-order valence-corrected chi connectivity index (χ3v) is 7.60. The highest BCUT2D eigenvalue weighted by molar-refractivity contribution is 7.07. The maximum atomic E-state index is 13.8. The van der Waals surface area contributed by atoms with Crippen LogP contribution >= 0.6 is 11.3 Å². The number of halogens is 2. The van der Waals surface area contributed by atoms with Crippen LogP contribution in [0.2, 0.25) is 0 Å². The number of allylic oxidation sites excluding steroid dienone is 1. The summed E-state index contributed by atoms with van der Waals surface area (Å²) in [6.07, 6.45) is 1.68. The summed E-state index contributed by atoms with van der Waals surface area (Å²) < 4.78 is 31.4. The highest BCUT2D eigenvalue weighted by Gasteiger charge is 2.32. The minimum Gasteiger partial charge on any atom is -0.435 e. The second-order valence-corrected chi connectivity index (χ2v) is 10.7. The summed E-state index contributed by atoms with van der Waals surface area (Å²) in [5.41, 5.74) is 3.82. The highest BCUT2D eigenvalue weighted by atomic mass is 32.1. The van der Waals surface area contributed by atoms with E-state index in [0.29, 0.717) is 37.8 Å². The van der Waals surface area contributed by atoms with Crippen molar-refractivity contribution in [1.29, 1.82) is 0 Å². The first-order valence-electron chi connectivity index (χ1n) is 12.7. The van der Waals surface area contributed by atoms with Crippen LogP contribution in [0, 0.1) is 0 Å². The van der Waals surface area contributed by atoms with Crippen LogP contribution < -0.4 is 24.9 Å². The van der Waals surface area contributed by atoms with E-state index in [1.807, 2.05) is 42.5 Å². The van der Waals surface area contributed by atoms with Gasteiger partial charge in [0, 0.05) is 5.69 Å². The number of thiazole rings is 1. The third kappa shape index (κ3) is 5.65. The Balaban J connectivity index is 1.61. The van der Waals surface area contributed by atoms with E-state index in [0.717, 1.165) is 11.1 Å². The van der Waals surface area contributed by atoms with Gasteiger partial charge in [-0.25, -0.2) is 4.99 Å². The van der Waals surface area contributed by atoms with Crippen molar-refractivity contribution in [3.05, 3.63) is 127 Å². The van der Waals surface area contributed by atoms with Gasteiger partial charge in [0.2, 0.25) is 0 Å². The molecule has 40 heavy (non-hydrogen) atoms. The van der Waals surface area contributed by atoms with Gasteiger partial charge in [-0.1, -0.05) is 79.8 Å². The van der Waals surface area contributed by atoms with Gasteiger partial charge in [0.25, 0.3) is 11.5 Å². The fourth-order valence-corrected chi connectivity index (χ4v) is 5.65. The van der Waals surface area contributed by atoms with Crippen molar-refractivity contribution in [3.8, 4) is 5.75 Å². The number of hydrogen-bond acceptors (Lipinski definition) is 5. The monoisotopic (exact) mass is 559 g/mol. The highest BCUT2D eigenvalue weighted by Crippen LogP contribution is 2.31. The van der Waals surface area contributed by atoms with Crippen molar-refractivity contribution in [2.24, 2.45) is 4.99 Å². The molecule has 0 spiro atoms. The summed E-state index contributed by atoms with van der Waals surface area (Å²) >= 11 is 1.21. The zero-order valence-electron chi connectivity index (χ0n) is 22.1. The predicted molar refractivity (Wildman–Crippen MR) is 152 cm³/mol. The quantitative estimate of drug-likeness (QED) is 0.321. The molecule has 0 saturated heterocycles. The van der Waals surface area contributed by atoms with Crippen LogP contribution in [0.1, 0.15) is 49.4 Å². The number of fused-ring (bicyclic) bond motifs is 1. The molecule has 2 heterocycles. The molecular weight excluding hydrogens is 532 g/mol. The van der Waals surface area contributed by atoms with Crippen LogP contribution in [-0.4, -0.2) is 17.1 Å². The maximum absolute atomic E-state index is 13.8. The fraction of sp³-hybridized carbons (Fsp3) is 0.194. The molecule has 1 aliphatic heterocycles. The lowest BCUT2D eigenvalue weighted by Gasteiger charge is -2.25. The first-order chi connectivity index (χ1) is 19.2. The first kappa shape index (κ1) is 27.2. The number of nitrogens with zero attached hydrogens (tertiary/aromatic N) is 2. The number of aromatic nitrogens is 1. The number of benzene rings is 3. The summed E-state index contributed by atoms with van der Waals surface area (Å²) in [4.78, 5) is 32.6. The number of alkyl halides is 2. The number of nitrogens with one attached hydrogen (secondary N) is 1.